The molecular weight excluding hydrogens is 234 g/mol. The number of hydrogen-bond donors (Lipinski definition) is 2. The summed E-state index contributed by atoms with van der Waals surface area (Å²) in [5.74, 6) is 1.62. The second kappa shape index (κ2) is 4.50. The van der Waals surface area contributed by atoms with Crippen molar-refractivity contribution in [3.8, 4) is 0 Å². The summed E-state index contributed by atoms with van der Waals surface area (Å²) >= 11 is 4.86. The first-order chi connectivity index (χ1) is 8.06. The molecule has 0 aliphatic carbocycles. The Morgan fingerprint density at radius 2 is 2.24 bits per heavy atom. The fourth-order valence-corrected chi connectivity index (χ4v) is 1.59. The SMILES string of the molecule is Cc1cc(Nc2ccc(C(N)=S)cn2)n(C)n1. The summed E-state index contributed by atoms with van der Waals surface area (Å²) in [5.41, 5.74) is 7.21. The first kappa shape index (κ1) is 11.5. The first-order valence-electron chi connectivity index (χ1n) is 5.10. The highest BCUT2D eigenvalue weighted by atomic mass is 32.1. The van der Waals surface area contributed by atoms with Crippen molar-refractivity contribution in [1.82, 2.24) is 14.8 Å². The van der Waals surface area contributed by atoms with Gasteiger partial charge in [0.15, 0.2) is 0 Å². The molecule has 5 nitrogen and oxygen atoms in total. The van der Waals surface area contributed by atoms with Crippen LogP contribution in [0.15, 0.2) is 24.4 Å². The monoisotopic (exact) mass is 247 g/mol. The Hall–Kier alpha value is -1.95. The third-order valence-corrected chi connectivity index (χ3v) is 2.54. The Morgan fingerprint density at radius 1 is 1.47 bits per heavy atom. The number of nitrogens with one attached hydrogen (secondary N) is 1. The number of nitrogens with two attached hydrogens (primary N) is 1. The smallest absolute Gasteiger partial charge is 0.131 e. The van der Waals surface area contributed by atoms with Gasteiger partial charge in [-0.05, 0) is 19.1 Å². The van der Waals surface area contributed by atoms with Crippen LogP contribution in [0.5, 0.6) is 0 Å². The maximum absolute atomic E-state index is 5.50. The number of pyridine rings is 1. The highest BCUT2D eigenvalue weighted by Crippen LogP contribution is 2.14. The normalized spacial score (nSPS) is 10.2. The molecule has 0 unspecified atom stereocenters. The van der Waals surface area contributed by atoms with E-state index in [1.165, 1.54) is 0 Å². The quantitative estimate of drug-likeness (QED) is 0.804. The molecule has 2 heterocycles. The van der Waals surface area contributed by atoms with E-state index < -0.39 is 0 Å². The molecule has 6 heteroatoms. The molecule has 2 aromatic heterocycles. The molecule has 0 aliphatic heterocycles. The van der Waals surface area contributed by atoms with E-state index >= 15 is 0 Å². The van der Waals surface area contributed by atoms with Crippen molar-refractivity contribution in [2.45, 2.75) is 6.92 Å². The zero-order chi connectivity index (χ0) is 12.4. The van der Waals surface area contributed by atoms with E-state index in [4.69, 9.17) is 18.0 Å². The van der Waals surface area contributed by atoms with Crippen LogP contribution < -0.4 is 11.1 Å². The van der Waals surface area contributed by atoms with E-state index in [-0.39, 0.29) is 0 Å². The van der Waals surface area contributed by atoms with Gasteiger partial charge in [-0.2, -0.15) is 5.10 Å². The zero-order valence-corrected chi connectivity index (χ0v) is 10.5. The van der Waals surface area contributed by atoms with Crippen LogP contribution in [0.1, 0.15) is 11.3 Å². The molecule has 2 rings (SSSR count). The predicted octanol–water partition coefficient (Wildman–Crippen LogP) is 1.50. The summed E-state index contributed by atoms with van der Waals surface area (Å²) < 4.78 is 1.76. The van der Waals surface area contributed by atoms with Crippen LogP contribution in [0.4, 0.5) is 11.6 Å². The van der Waals surface area contributed by atoms with E-state index in [9.17, 15) is 0 Å². The third-order valence-electron chi connectivity index (χ3n) is 2.31. The minimum Gasteiger partial charge on any atom is -0.389 e. The maximum Gasteiger partial charge on any atom is 0.131 e. The Kier molecular flexibility index (Phi) is 3.06. The molecule has 88 valence electrons. The molecule has 0 radical (unpaired) electrons. The van der Waals surface area contributed by atoms with Gasteiger partial charge in [-0.25, -0.2) is 4.98 Å². The van der Waals surface area contributed by atoms with Crippen molar-refractivity contribution >= 4 is 28.8 Å². The van der Waals surface area contributed by atoms with E-state index in [0.717, 1.165) is 22.9 Å². The standard InChI is InChI=1S/C11H13N5S/c1-7-5-10(16(2)15-7)14-9-4-3-8(6-13-9)11(12)17/h3-6H,1-2H3,(H2,12,17)(H,13,14). The minimum absolute atomic E-state index is 0.348. The lowest BCUT2D eigenvalue weighted by Crippen LogP contribution is -2.10. The summed E-state index contributed by atoms with van der Waals surface area (Å²) in [7, 11) is 1.87. The number of aryl methyl sites for hydroxylation is 2. The van der Waals surface area contributed by atoms with Crippen LogP contribution in [0.3, 0.4) is 0 Å². The minimum atomic E-state index is 0.348. The molecule has 0 fully saturated rings. The number of nitrogens with zero attached hydrogens (tertiary/aromatic N) is 3. The zero-order valence-electron chi connectivity index (χ0n) is 9.64. The topological polar surface area (TPSA) is 68.8 Å². The molecule has 3 N–H and O–H groups in total. The lowest BCUT2D eigenvalue weighted by molar-refractivity contribution is 0.764. The Bertz CT molecular complexity index is 543. The summed E-state index contributed by atoms with van der Waals surface area (Å²) in [6.07, 6.45) is 1.65. The predicted molar refractivity (Wildman–Crippen MR) is 71.4 cm³/mol. The van der Waals surface area contributed by atoms with Crippen molar-refractivity contribution < 1.29 is 0 Å². The van der Waals surface area contributed by atoms with Crippen LogP contribution in [0.2, 0.25) is 0 Å². The van der Waals surface area contributed by atoms with Crippen LogP contribution in [-0.2, 0) is 7.05 Å². The van der Waals surface area contributed by atoms with Gasteiger partial charge in [0, 0.05) is 24.9 Å². The van der Waals surface area contributed by atoms with Gasteiger partial charge in [0.2, 0.25) is 0 Å². The Labute approximate surface area is 105 Å². The van der Waals surface area contributed by atoms with Gasteiger partial charge in [0.25, 0.3) is 0 Å². The summed E-state index contributed by atoms with van der Waals surface area (Å²) in [6.45, 7) is 1.94. The lowest BCUT2D eigenvalue weighted by Gasteiger charge is -2.05. The Morgan fingerprint density at radius 3 is 2.71 bits per heavy atom. The number of anilines is 2. The average Bonchev–Trinajstić information content (AvgIpc) is 2.58. The van der Waals surface area contributed by atoms with Gasteiger partial charge in [-0.1, -0.05) is 12.2 Å². The van der Waals surface area contributed by atoms with Gasteiger partial charge < -0.3 is 11.1 Å². The molecule has 0 atom stereocenters. The fraction of sp³-hybridized carbons (Fsp3) is 0.182. The fourth-order valence-electron chi connectivity index (χ4n) is 1.47. The molecule has 0 aromatic carbocycles. The van der Waals surface area contributed by atoms with Crippen LogP contribution in [-0.4, -0.2) is 19.8 Å². The van der Waals surface area contributed by atoms with E-state index in [1.54, 1.807) is 10.9 Å². The molecule has 0 saturated carbocycles. The third kappa shape index (κ3) is 2.59. The molecule has 0 amide bonds. The van der Waals surface area contributed by atoms with Gasteiger partial charge >= 0.3 is 0 Å². The van der Waals surface area contributed by atoms with Gasteiger partial charge in [-0.15, -0.1) is 0 Å². The molecule has 0 bridgehead atoms. The second-order valence-electron chi connectivity index (χ2n) is 3.72. The van der Waals surface area contributed by atoms with Crippen molar-refractivity contribution in [3.63, 3.8) is 0 Å². The number of thiocarbonyl (C=S) groups is 1. The van der Waals surface area contributed by atoms with Gasteiger partial charge in [0.05, 0.1) is 5.69 Å². The largest absolute Gasteiger partial charge is 0.389 e. The summed E-state index contributed by atoms with van der Waals surface area (Å²) in [4.78, 5) is 4.57. The molecule has 0 saturated heterocycles. The second-order valence-corrected chi connectivity index (χ2v) is 4.16. The molecule has 2 aromatic rings. The number of hydrogen-bond acceptors (Lipinski definition) is 4. The Balaban J connectivity index is 2.19. The average molecular weight is 247 g/mol. The highest BCUT2D eigenvalue weighted by Gasteiger charge is 2.03. The van der Waals surface area contributed by atoms with Crippen molar-refractivity contribution in [2.24, 2.45) is 12.8 Å². The van der Waals surface area contributed by atoms with Crippen LogP contribution in [0, 0.1) is 6.92 Å². The van der Waals surface area contributed by atoms with E-state index in [0.29, 0.717) is 4.99 Å². The molecular formula is C11H13N5S. The van der Waals surface area contributed by atoms with Crippen molar-refractivity contribution in [2.75, 3.05) is 5.32 Å². The molecule has 0 spiro atoms. The first-order valence-corrected chi connectivity index (χ1v) is 5.50. The number of rotatable bonds is 3. The molecule has 0 aliphatic rings. The van der Waals surface area contributed by atoms with Gasteiger partial charge in [-0.3, -0.25) is 4.68 Å². The summed E-state index contributed by atoms with van der Waals surface area (Å²) in [6, 6.07) is 5.61. The lowest BCUT2D eigenvalue weighted by atomic mass is 10.3. The summed E-state index contributed by atoms with van der Waals surface area (Å²) in [5, 5.41) is 7.40. The van der Waals surface area contributed by atoms with Crippen LogP contribution >= 0.6 is 12.2 Å². The van der Waals surface area contributed by atoms with Crippen molar-refractivity contribution in [1.29, 1.82) is 0 Å². The maximum atomic E-state index is 5.50. The van der Waals surface area contributed by atoms with Crippen LogP contribution in [0.25, 0.3) is 0 Å². The number of aromatic nitrogens is 3. The van der Waals surface area contributed by atoms with Crippen molar-refractivity contribution in [3.05, 3.63) is 35.7 Å². The van der Waals surface area contributed by atoms with Gasteiger partial charge in [0.1, 0.15) is 16.6 Å². The van der Waals surface area contributed by atoms with E-state index in [1.807, 2.05) is 32.2 Å². The molecule has 17 heavy (non-hydrogen) atoms. The van der Waals surface area contributed by atoms with E-state index in [2.05, 4.69) is 15.4 Å². The highest BCUT2D eigenvalue weighted by molar-refractivity contribution is 7.80.